The zero-order valence-electron chi connectivity index (χ0n) is 9.42. The Bertz CT molecular complexity index is 208. The summed E-state index contributed by atoms with van der Waals surface area (Å²) in [6.07, 6.45) is -0.0391. The van der Waals surface area contributed by atoms with Gasteiger partial charge in [-0.3, -0.25) is 9.59 Å². The predicted octanol–water partition coefficient (Wildman–Crippen LogP) is 4.75. The normalized spacial score (nSPS) is 11.1. The van der Waals surface area contributed by atoms with E-state index in [4.69, 9.17) is 8.37 Å². The summed E-state index contributed by atoms with van der Waals surface area (Å²) in [4.78, 5) is 22.3. The Kier molecular flexibility index (Phi) is 10.1. The van der Waals surface area contributed by atoms with E-state index in [2.05, 4.69) is 0 Å². The van der Waals surface area contributed by atoms with Crippen molar-refractivity contribution < 1.29 is 18.0 Å². The van der Waals surface area contributed by atoms with Crippen LogP contribution in [0.1, 0.15) is 27.7 Å². The fourth-order valence-electron chi connectivity index (χ4n) is 0.367. The van der Waals surface area contributed by atoms with Gasteiger partial charge >= 0.3 is 0 Å². The zero-order chi connectivity index (χ0) is 12.6. The maximum Gasteiger partial charge on any atom is 0.283 e. The molecule has 0 atom stereocenters. The molecule has 0 N–H and O–H groups in total. The van der Waals surface area contributed by atoms with Gasteiger partial charge in [0, 0.05) is 21.6 Å². The highest BCUT2D eigenvalue weighted by Gasteiger charge is 2.13. The van der Waals surface area contributed by atoms with Gasteiger partial charge in [0.1, 0.15) is 0 Å². The summed E-state index contributed by atoms with van der Waals surface area (Å²) < 4.78 is 9.53. The molecule has 0 aromatic rings. The molecule has 0 aliphatic heterocycles. The van der Waals surface area contributed by atoms with Gasteiger partial charge < -0.3 is 8.37 Å². The van der Waals surface area contributed by atoms with Gasteiger partial charge in [0.05, 0.1) is 36.3 Å². The summed E-state index contributed by atoms with van der Waals surface area (Å²) in [6, 6.07) is 0. The Morgan fingerprint density at radius 3 is 1.38 bits per heavy atom. The Hall–Kier alpha value is 0.660. The average Bonchev–Trinajstić information content (AvgIpc) is 2.20. The van der Waals surface area contributed by atoms with Gasteiger partial charge in [-0.05, 0) is 27.7 Å². The van der Waals surface area contributed by atoms with Crippen molar-refractivity contribution in [2.45, 2.75) is 39.9 Å². The lowest BCUT2D eigenvalue weighted by atomic mass is 10.5. The van der Waals surface area contributed by atoms with Crippen LogP contribution in [0.3, 0.4) is 0 Å². The van der Waals surface area contributed by atoms with E-state index < -0.39 is 0 Å². The van der Waals surface area contributed by atoms with Gasteiger partial charge in [-0.25, -0.2) is 0 Å². The molecule has 16 heavy (non-hydrogen) atoms. The molecule has 0 bridgehead atoms. The number of hydrogen-bond acceptors (Lipinski definition) is 8. The van der Waals surface area contributed by atoms with Crippen molar-refractivity contribution in [1.29, 1.82) is 0 Å². The third-order valence-corrected chi connectivity index (χ3v) is 5.08. The quantitative estimate of drug-likeness (QED) is 0.544. The molecule has 0 radical (unpaired) electrons. The summed E-state index contributed by atoms with van der Waals surface area (Å²) in [5, 5.41) is 0. The third-order valence-electron chi connectivity index (χ3n) is 0.795. The first-order chi connectivity index (χ1) is 7.41. The maximum absolute atomic E-state index is 11.2. The molecule has 94 valence electrons. The number of carbonyl (C=O) groups excluding carboxylic acids is 2. The highest BCUT2D eigenvalue weighted by Crippen LogP contribution is 2.34. The van der Waals surface area contributed by atoms with Crippen LogP contribution in [0.4, 0.5) is 9.59 Å². The smallest absolute Gasteiger partial charge is 0.283 e. The molecule has 0 spiro atoms. The Labute approximate surface area is 112 Å². The molecule has 0 aliphatic rings. The van der Waals surface area contributed by atoms with E-state index in [9.17, 15) is 9.59 Å². The van der Waals surface area contributed by atoms with Crippen molar-refractivity contribution in [2.24, 2.45) is 0 Å². The molecular weight excluding hydrogens is 288 g/mol. The molecule has 8 heteroatoms. The standard InChI is InChI=1S/C8H14O4S4/c1-5(2)11-13-7(9)15-16-8(10)14-12-6(3)4/h5-6H,1-4H3. The third kappa shape index (κ3) is 11.2. The van der Waals surface area contributed by atoms with Crippen molar-refractivity contribution in [3.63, 3.8) is 0 Å². The molecule has 0 saturated carbocycles. The molecule has 0 rings (SSSR count). The van der Waals surface area contributed by atoms with Crippen molar-refractivity contribution in [1.82, 2.24) is 0 Å². The molecule has 0 unspecified atom stereocenters. The van der Waals surface area contributed by atoms with E-state index in [1.165, 1.54) is 0 Å². The van der Waals surface area contributed by atoms with E-state index in [-0.39, 0.29) is 21.1 Å². The second-order valence-corrected chi connectivity index (χ2v) is 7.17. The van der Waals surface area contributed by atoms with E-state index in [0.29, 0.717) is 0 Å². The molecule has 0 amide bonds. The van der Waals surface area contributed by atoms with Crippen molar-refractivity contribution in [3.8, 4) is 0 Å². The van der Waals surface area contributed by atoms with Crippen LogP contribution in [0, 0.1) is 0 Å². The highest BCUT2D eigenvalue weighted by atomic mass is 33.1. The van der Waals surface area contributed by atoms with Crippen LogP contribution in [0.15, 0.2) is 0 Å². The predicted molar refractivity (Wildman–Crippen MR) is 73.6 cm³/mol. The Morgan fingerprint density at radius 1 is 0.812 bits per heavy atom. The molecule has 0 fully saturated rings. The molecule has 0 heterocycles. The fourth-order valence-corrected chi connectivity index (χ4v) is 3.02. The number of carbonyl (C=O) groups is 2. The van der Waals surface area contributed by atoms with Crippen LogP contribution in [0.2, 0.25) is 0 Å². The second kappa shape index (κ2) is 9.67. The average molecular weight is 302 g/mol. The van der Waals surface area contributed by atoms with Crippen molar-refractivity contribution in [3.05, 3.63) is 0 Å². The van der Waals surface area contributed by atoms with Gasteiger partial charge in [0.2, 0.25) is 0 Å². The van der Waals surface area contributed by atoms with Crippen LogP contribution < -0.4 is 0 Å². The van der Waals surface area contributed by atoms with Crippen LogP contribution in [-0.4, -0.2) is 21.1 Å². The lowest BCUT2D eigenvalue weighted by molar-refractivity contribution is 0.265. The molecule has 0 aromatic heterocycles. The second-order valence-electron chi connectivity index (χ2n) is 3.12. The first kappa shape index (κ1) is 16.7. The fraction of sp³-hybridized carbons (Fsp3) is 0.750. The Morgan fingerprint density at radius 2 is 1.12 bits per heavy atom. The lowest BCUT2D eigenvalue weighted by Crippen LogP contribution is -1.97. The van der Waals surface area contributed by atoms with E-state index >= 15 is 0 Å². The lowest BCUT2D eigenvalue weighted by Gasteiger charge is -2.04. The van der Waals surface area contributed by atoms with Crippen LogP contribution >= 0.6 is 45.7 Å². The maximum atomic E-state index is 11.2. The van der Waals surface area contributed by atoms with E-state index in [1.807, 2.05) is 27.7 Å². The first-order valence-electron chi connectivity index (χ1n) is 4.51. The molecular formula is C8H14O4S4. The van der Waals surface area contributed by atoms with Gasteiger partial charge in [-0.2, -0.15) is 0 Å². The van der Waals surface area contributed by atoms with Crippen LogP contribution in [-0.2, 0) is 8.37 Å². The summed E-state index contributed by atoms with van der Waals surface area (Å²) in [6.45, 7) is 7.32. The van der Waals surface area contributed by atoms with Crippen molar-refractivity contribution >= 4 is 54.6 Å². The molecule has 0 saturated heterocycles. The van der Waals surface area contributed by atoms with Crippen LogP contribution in [0.25, 0.3) is 0 Å². The topological polar surface area (TPSA) is 52.6 Å². The van der Waals surface area contributed by atoms with E-state index in [0.717, 1.165) is 45.7 Å². The minimum absolute atomic E-state index is 0.0195. The summed E-state index contributed by atoms with van der Waals surface area (Å²) in [5.41, 5.74) is 0. The summed E-state index contributed by atoms with van der Waals surface area (Å²) >= 11 is 1.50. The van der Waals surface area contributed by atoms with E-state index in [1.54, 1.807) is 0 Å². The summed E-state index contributed by atoms with van der Waals surface area (Å²) in [7, 11) is 1.69. The van der Waals surface area contributed by atoms with Gasteiger partial charge in [-0.15, -0.1) is 0 Å². The minimum atomic E-state index is -0.253. The number of hydrogen-bond donors (Lipinski definition) is 0. The first-order valence-corrected chi connectivity index (χ1v) is 8.14. The summed E-state index contributed by atoms with van der Waals surface area (Å²) in [5.74, 6) is 0. The molecule has 0 aliphatic carbocycles. The van der Waals surface area contributed by atoms with Crippen LogP contribution in [0.5, 0.6) is 0 Å². The molecule has 4 nitrogen and oxygen atoms in total. The largest absolute Gasteiger partial charge is 0.305 e. The van der Waals surface area contributed by atoms with Crippen molar-refractivity contribution in [2.75, 3.05) is 0 Å². The monoisotopic (exact) mass is 302 g/mol. The van der Waals surface area contributed by atoms with Gasteiger partial charge in [0.25, 0.3) is 8.89 Å². The SMILES string of the molecule is CC(C)OSC(=O)SSC(=O)SOC(C)C. The van der Waals surface area contributed by atoms with Gasteiger partial charge in [0.15, 0.2) is 0 Å². The highest BCUT2D eigenvalue weighted by molar-refractivity contribution is 8.92. The van der Waals surface area contributed by atoms with Gasteiger partial charge in [-0.1, -0.05) is 0 Å². The Balaban J connectivity index is 3.55. The number of rotatable bonds is 4. The minimum Gasteiger partial charge on any atom is -0.305 e. The molecule has 0 aromatic carbocycles. The zero-order valence-corrected chi connectivity index (χ0v) is 12.7.